The highest BCUT2D eigenvalue weighted by Gasteiger charge is 2.13. The molecule has 1 aromatic carbocycles. The summed E-state index contributed by atoms with van der Waals surface area (Å²) in [6.07, 6.45) is 5.74. The number of carbonyl (C=O) groups is 2. The SMILES string of the molecule is CCCCCCCC(=O)Nc1ccc(OC)cc1C(=O)O. The van der Waals surface area contributed by atoms with Crippen molar-refractivity contribution in [1.29, 1.82) is 0 Å². The van der Waals surface area contributed by atoms with Crippen LogP contribution in [0.4, 0.5) is 5.69 Å². The summed E-state index contributed by atoms with van der Waals surface area (Å²) in [5.41, 5.74) is 0.343. The number of carboxylic acids is 1. The molecule has 0 aliphatic heterocycles. The third kappa shape index (κ3) is 5.85. The average molecular weight is 293 g/mol. The monoisotopic (exact) mass is 293 g/mol. The number of ether oxygens (including phenoxy) is 1. The lowest BCUT2D eigenvalue weighted by atomic mass is 10.1. The first-order valence-electron chi connectivity index (χ1n) is 7.29. The number of benzene rings is 1. The first kappa shape index (κ1) is 17.0. The molecule has 0 unspecified atom stereocenters. The minimum absolute atomic E-state index is 0.0358. The molecule has 0 aromatic heterocycles. The Bertz CT molecular complexity index is 485. The van der Waals surface area contributed by atoms with Crippen LogP contribution in [0.15, 0.2) is 18.2 Å². The topological polar surface area (TPSA) is 75.6 Å². The summed E-state index contributed by atoms with van der Waals surface area (Å²) in [6, 6.07) is 4.58. The molecule has 1 rings (SSSR count). The smallest absolute Gasteiger partial charge is 0.337 e. The maximum absolute atomic E-state index is 11.8. The van der Waals surface area contributed by atoms with Crippen molar-refractivity contribution in [2.75, 3.05) is 12.4 Å². The Hall–Kier alpha value is -2.04. The van der Waals surface area contributed by atoms with Crippen molar-refractivity contribution >= 4 is 17.6 Å². The lowest BCUT2D eigenvalue weighted by molar-refractivity contribution is -0.116. The standard InChI is InChI=1S/C16H23NO4/c1-3-4-5-6-7-8-15(18)17-14-10-9-12(21-2)11-13(14)16(19)20/h9-11H,3-8H2,1-2H3,(H,17,18)(H,19,20). The molecule has 21 heavy (non-hydrogen) atoms. The minimum Gasteiger partial charge on any atom is -0.497 e. The molecule has 116 valence electrons. The second-order valence-corrected chi connectivity index (χ2v) is 4.93. The maximum Gasteiger partial charge on any atom is 0.337 e. The van der Waals surface area contributed by atoms with Crippen LogP contribution in [0.1, 0.15) is 55.8 Å². The van der Waals surface area contributed by atoms with Gasteiger partial charge in [-0.05, 0) is 24.6 Å². The summed E-state index contributed by atoms with van der Waals surface area (Å²) < 4.78 is 4.99. The van der Waals surface area contributed by atoms with E-state index in [0.29, 0.717) is 17.9 Å². The normalized spacial score (nSPS) is 10.2. The van der Waals surface area contributed by atoms with Crippen LogP contribution in [0.2, 0.25) is 0 Å². The Morgan fingerprint density at radius 1 is 1.19 bits per heavy atom. The van der Waals surface area contributed by atoms with E-state index < -0.39 is 5.97 Å². The van der Waals surface area contributed by atoms with Crippen LogP contribution in [0, 0.1) is 0 Å². The maximum atomic E-state index is 11.8. The highest BCUT2D eigenvalue weighted by atomic mass is 16.5. The van der Waals surface area contributed by atoms with Crippen LogP contribution in [-0.2, 0) is 4.79 Å². The number of methoxy groups -OCH3 is 1. The van der Waals surface area contributed by atoms with Gasteiger partial charge in [-0.15, -0.1) is 0 Å². The fraction of sp³-hybridized carbons (Fsp3) is 0.500. The Balaban J connectivity index is 2.57. The number of anilines is 1. The van der Waals surface area contributed by atoms with Crippen LogP contribution in [0.25, 0.3) is 0 Å². The molecule has 1 amide bonds. The number of hydrogen-bond acceptors (Lipinski definition) is 3. The van der Waals surface area contributed by atoms with Gasteiger partial charge in [0.1, 0.15) is 5.75 Å². The number of hydrogen-bond donors (Lipinski definition) is 2. The minimum atomic E-state index is -1.09. The molecular weight excluding hydrogens is 270 g/mol. The molecular formula is C16H23NO4. The lowest BCUT2D eigenvalue weighted by Crippen LogP contribution is -2.14. The van der Waals surface area contributed by atoms with Crippen LogP contribution >= 0.6 is 0 Å². The van der Waals surface area contributed by atoms with Gasteiger partial charge >= 0.3 is 5.97 Å². The highest BCUT2D eigenvalue weighted by molar-refractivity contribution is 6.00. The molecule has 5 heteroatoms. The Labute approximate surface area is 125 Å². The molecule has 0 fully saturated rings. The van der Waals surface area contributed by atoms with E-state index in [1.165, 1.54) is 26.0 Å². The van der Waals surface area contributed by atoms with E-state index in [2.05, 4.69) is 12.2 Å². The van der Waals surface area contributed by atoms with Gasteiger partial charge in [0.05, 0.1) is 18.4 Å². The molecule has 0 atom stereocenters. The molecule has 0 aliphatic carbocycles. The number of aromatic carboxylic acids is 1. The molecule has 0 aliphatic rings. The van der Waals surface area contributed by atoms with E-state index in [1.807, 2.05) is 0 Å². The number of rotatable bonds is 9. The summed E-state index contributed by atoms with van der Waals surface area (Å²) >= 11 is 0. The van der Waals surface area contributed by atoms with Crippen molar-refractivity contribution in [3.8, 4) is 5.75 Å². The number of amides is 1. The fourth-order valence-electron chi connectivity index (χ4n) is 2.04. The van der Waals surface area contributed by atoms with E-state index in [-0.39, 0.29) is 11.5 Å². The molecule has 0 saturated heterocycles. The van der Waals surface area contributed by atoms with Crippen LogP contribution in [-0.4, -0.2) is 24.1 Å². The summed E-state index contributed by atoms with van der Waals surface area (Å²) in [4.78, 5) is 23.0. The number of nitrogens with one attached hydrogen (secondary N) is 1. The van der Waals surface area contributed by atoms with Crippen molar-refractivity contribution < 1.29 is 19.4 Å². The van der Waals surface area contributed by atoms with Crippen LogP contribution < -0.4 is 10.1 Å². The third-order valence-electron chi connectivity index (χ3n) is 3.24. The summed E-state index contributed by atoms with van der Waals surface area (Å²) in [6.45, 7) is 2.14. The predicted molar refractivity (Wildman–Crippen MR) is 82.0 cm³/mol. The second-order valence-electron chi connectivity index (χ2n) is 4.93. The van der Waals surface area contributed by atoms with Gasteiger partial charge < -0.3 is 15.2 Å². The summed E-state index contributed by atoms with van der Waals surface area (Å²) in [7, 11) is 1.47. The third-order valence-corrected chi connectivity index (χ3v) is 3.24. The summed E-state index contributed by atoms with van der Waals surface area (Å²) in [5.74, 6) is -0.795. The van der Waals surface area contributed by atoms with Gasteiger partial charge in [0.25, 0.3) is 0 Å². The Kier molecular flexibility index (Phi) is 7.29. The van der Waals surface area contributed by atoms with Gasteiger partial charge in [-0.1, -0.05) is 32.6 Å². The summed E-state index contributed by atoms with van der Waals surface area (Å²) in [5, 5.41) is 11.8. The fourth-order valence-corrected chi connectivity index (χ4v) is 2.04. The zero-order valence-electron chi connectivity index (χ0n) is 12.6. The van der Waals surface area contributed by atoms with Crippen molar-refractivity contribution in [1.82, 2.24) is 0 Å². The molecule has 0 saturated carbocycles. The van der Waals surface area contributed by atoms with Crippen molar-refractivity contribution in [2.45, 2.75) is 45.4 Å². The second kappa shape index (κ2) is 9.00. The lowest BCUT2D eigenvalue weighted by Gasteiger charge is -2.10. The van der Waals surface area contributed by atoms with E-state index in [0.717, 1.165) is 19.3 Å². The quantitative estimate of drug-likeness (QED) is 0.681. The first-order valence-corrected chi connectivity index (χ1v) is 7.29. The zero-order chi connectivity index (χ0) is 15.7. The zero-order valence-corrected chi connectivity index (χ0v) is 12.6. The highest BCUT2D eigenvalue weighted by Crippen LogP contribution is 2.22. The molecule has 5 nitrogen and oxygen atoms in total. The first-order chi connectivity index (χ1) is 10.1. The van der Waals surface area contributed by atoms with Crippen molar-refractivity contribution in [3.05, 3.63) is 23.8 Å². The van der Waals surface area contributed by atoms with E-state index in [1.54, 1.807) is 12.1 Å². The number of carboxylic acid groups (broad SMARTS) is 1. The van der Waals surface area contributed by atoms with Gasteiger partial charge in [-0.25, -0.2) is 4.79 Å². The molecule has 1 aromatic rings. The van der Waals surface area contributed by atoms with E-state index >= 15 is 0 Å². The van der Waals surface area contributed by atoms with Gasteiger partial charge in [-0.3, -0.25) is 4.79 Å². The van der Waals surface area contributed by atoms with Crippen LogP contribution in [0.5, 0.6) is 5.75 Å². The average Bonchev–Trinajstić information content (AvgIpc) is 2.47. The van der Waals surface area contributed by atoms with E-state index in [4.69, 9.17) is 9.84 Å². The molecule has 0 spiro atoms. The van der Waals surface area contributed by atoms with Gasteiger partial charge in [0.2, 0.25) is 5.91 Å². The largest absolute Gasteiger partial charge is 0.497 e. The number of carbonyl (C=O) groups excluding carboxylic acids is 1. The van der Waals surface area contributed by atoms with Crippen molar-refractivity contribution in [3.63, 3.8) is 0 Å². The van der Waals surface area contributed by atoms with Crippen molar-refractivity contribution in [2.24, 2.45) is 0 Å². The van der Waals surface area contributed by atoms with Gasteiger partial charge in [0.15, 0.2) is 0 Å². The predicted octanol–water partition coefficient (Wildman–Crippen LogP) is 3.69. The molecule has 2 N–H and O–H groups in total. The molecule has 0 heterocycles. The molecule has 0 radical (unpaired) electrons. The molecule has 0 bridgehead atoms. The Morgan fingerprint density at radius 3 is 2.52 bits per heavy atom. The van der Waals surface area contributed by atoms with Gasteiger partial charge in [0, 0.05) is 6.42 Å². The van der Waals surface area contributed by atoms with Crippen LogP contribution in [0.3, 0.4) is 0 Å². The van der Waals surface area contributed by atoms with Gasteiger partial charge in [-0.2, -0.15) is 0 Å². The number of unbranched alkanes of at least 4 members (excludes halogenated alkanes) is 4. The van der Waals surface area contributed by atoms with E-state index in [9.17, 15) is 9.59 Å². The Morgan fingerprint density at radius 2 is 1.90 bits per heavy atom.